The normalized spacial score (nSPS) is 11.1. The highest BCUT2D eigenvalue weighted by atomic mass is 19.1. The summed E-state index contributed by atoms with van der Waals surface area (Å²) in [6.45, 7) is 0.260. The number of rotatable bonds is 7. The first-order valence-electron chi connectivity index (χ1n) is 10.0. The third kappa shape index (κ3) is 5.35. The molecule has 32 heavy (non-hydrogen) atoms. The predicted octanol–water partition coefficient (Wildman–Crippen LogP) is 5.39. The molecule has 1 amide bonds. The Morgan fingerprint density at radius 3 is 2.22 bits per heavy atom. The fourth-order valence-corrected chi connectivity index (χ4v) is 3.27. The van der Waals surface area contributed by atoms with Gasteiger partial charge in [-0.3, -0.25) is 4.79 Å². The Labute approximate surface area is 184 Å². The van der Waals surface area contributed by atoms with Crippen LogP contribution in [0, 0.1) is 11.6 Å². The fraction of sp³-hybridized carbons (Fsp3) is 0.0769. The molecule has 0 spiro atoms. The zero-order chi connectivity index (χ0) is 22.3. The molecule has 0 aliphatic heterocycles. The van der Waals surface area contributed by atoms with Crippen molar-refractivity contribution in [2.75, 3.05) is 0 Å². The van der Waals surface area contributed by atoms with Crippen molar-refractivity contribution in [2.45, 2.75) is 13.0 Å². The van der Waals surface area contributed by atoms with Crippen molar-refractivity contribution in [3.05, 3.63) is 113 Å². The van der Waals surface area contributed by atoms with Gasteiger partial charge in [-0.05, 0) is 52.2 Å². The number of hydrogen-bond donors (Lipinski definition) is 1. The zero-order valence-electron chi connectivity index (χ0n) is 17.1. The number of amides is 1. The Kier molecular flexibility index (Phi) is 6.51. The van der Waals surface area contributed by atoms with E-state index in [0.717, 1.165) is 16.3 Å². The van der Waals surface area contributed by atoms with Crippen LogP contribution in [-0.2, 0) is 17.8 Å². The molecule has 160 valence electrons. The number of ether oxygens (including phenoxy) is 1. The monoisotopic (exact) mass is 430 g/mol. The molecule has 4 aromatic carbocycles. The second kappa shape index (κ2) is 9.83. The van der Waals surface area contributed by atoms with Gasteiger partial charge in [0.2, 0.25) is 5.91 Å². The Morgan fingerprint density at radius 1 is 0.844 bits per heavy atom. The summed E-state index contributed by atoms with van der Waals surface area (Å²) in [6, 6.07) is 23.4. The number of nitrogens with zero attached hydrogens (tertiary/aromatic N) is 1. The highest BCUT2D eigenvalue weighted by Gasteiger charge is 2.09. The summed E-state index contributed by atoms with van der Waals surface area (Å²) in [5, 5.41) is 6.02. The molecule has 0 fully saturated rings. The quantitative estimate of drug-likeness (QED) is 0.316. The molecule has 4 aromatic rings. The van der Waals surface area contributed by atoms with Crippen molar-refractivity contribution >= 4 is 22.9 Å². The van der Waals surface area contributed by atoms with Gasteiger partial charge < -0.3 is 4.74 Å². The van der Waals surface area contributed by atoms with Gasteiger partial charge in [0, 0.05) is 5.56 Å². The highest BCUT2D eigenvalue weighted by Crippen LogP contribution is 2.27. The van der Waals surface area contributed by atoms with Crippen LogP contribution in [0.1, 0.15) is 16.7 Å². The van der Waals surface area contributed by atoms with E-state index in [-0.39, 0.29) is 30.6 Å². The molecule has 0 aromatic heterocycles. The number of fused-ring (bicyclic) bond motifs is 1. The number of benzene rings is 4. The second-order valence-electron chi connectivity index (χ2n) is 7.21. The van der Waals surface area contributed by atoms with Crippen molar-refractivity contribution in [1.82, 2.24) is 5.43 Å². The third-order valence-electron chi connectivity index (χ3n) is 4.90. The lowest BCUT2D eigenvalue weighted by Crippen LogP contribution is -2.19. The maximum Gasteiger partial charge on any atom is 0.244 e. The first-order chi connectivity index (χ1) is 15.6. The van der Waals surface area contributed by atoms with E-state index < -0.39 is 0 Å². The molecule has 0 unspecified atom stereocenters. The molecule has 1 N–H and O–H groups in total. The van der Waals surface area contributed by atoms with Crippen LogP contribution in [0.2, 0.25) is 0 Å². The predicted molar refractivity (Wildman–Crippen MR) is 121 cm³/mol. The lowest BCUT2D eigenvalue weighted by Gasteiger charge is -2.12. The van der Waals surface area contributed by atoms with Crippen LogP contribution in [0.4, 0.5) is 8.78 Å². The smallest absolute Gasteiger partial charge is 0.244 e. The summed E-state index contributed by atoms with van der Waals surface area (Å²) in [6.07, 6.45) is 1.63. The van der Waals surface area contributed by atoms with E-state index in [9.17, 15) is 13.6 Å². The van der Waals surface area contributed by atoms with Crippen LogP contribution < -0.4 is 10.2 Å². The van der Waals surface area contributed by atoms with E-state index in [1.165, 1.54) is 24.3 Å². The van der Waals surface area contributed by atoms with Gasteiger partial charge in [-0.15, -0.1) is 0 Å². The SMILES string of the molecule is O=C(Cc1ccc(F)cc1)N/N=C/c1c(OCc2ccc(F)cc2)ccc2ccccc12. The maximum atomic E-state index is 13.1. The highest BCUT2D eigenvalue weighted by molar-refractivity contribution is 6.02. The molecule has 0 saturated carbocycles. The largest absolute Gasteiger partial charge is 0.488 e. The topological polar surface area (TPSA) is 50.7 Å². The van der Waals surface area contributed by atoms with Crippen LogP contribution in [0.5, 0.6) is 5.75 Å². The zero-order valence-corrected chi connectivity index (χ0v) is 17.1. The van der Waals surface area contributed by atoms with E-state index >= 15 is 0 Å². The standard InChI is InChI=1S/C26H20F2N2O2/c27-21-10-5-18(6-11-21)15-26(31)30-29-16-24-23-4-2-1-3-20(23)9-14-25(24)32-17-19-7-12-22(28)13-8-19/h1-14,16H,15,17H2,(H,30,31)/b29-16+. The van der Waals surface area contributed by atoms with Gasteiger partial charge in [0.25, 0.3) is 0 Å². The van der Waals surface area contributed by atoms with Gasteiger partial charge in [0.15, 0.2) is 0 Å². The first kappa shape index (κ1) is 21.2. The van der Waals surface area contributed by atoms with Crippen molar-refractivity contribution in [2.24, 2.45) is 5.10 Å². The fourth-order valence-electron chi connectivity index (χ4n) is 3.27. The third-order valence-corrected chi connectivity index (χ3v) is 4.90. The molecule has 4 nitrogen and oxygen atoms in total. The lowest BCUT2D eigenvalue weighted by atomic mass is 10.0. The van der Waals surface area contributed by atoms with E-state index in [4.69, 9.17) is 4.74 Å². The Balaban J connectivity index is 1.51. The number of hydrazone groups is 1. The number of halogens is 2. The average Bonchev–Trinajstić information content (AvgIpc) is 2.81. The van der Waals surface area contributed by atoms with Crippen LogP contribution in [-0.4, -0.2) is 12.1 Å². The molecular weight excluding hydrogens is 410 g/mol. The molecule has 0 heterocycles. The molecule has 0 aliphatic carbocycles. The summed E-state index contributed by atoms with van der Waals surface area (Å²) >= 11 is 0. The number of hydrogen-bond acceptors (Lipinski definition) is 3. The minimum absolute atomic E-state index is 0.0844. The summed E-state index contributed by atoms with van der Waals surface area (Å²) in [4.78, 5) is 12.2. The van der Waals surface area contributed by atoms with Crippen LogP contribution in [0.3, 0.4) is 0 Å². The lowest BCUT2D eigenvalue weighted by molar-refractivity contribution is -0.120. The Morgan fingerprint density at radius 2 is 1.50 bits per heavy atom. The Hall–Kier alpha value is -4.06. The number of carbonyl (C=O) groups is 1. The minimum Gasteiger partial charge on any atom is -0.488 e. The molecular formula is C26H20F2N2O2. The van der Waals surface area contributed by atoms with E-state index in [2.05, 4.69) is 10.5 Å². The van der Waals surface area contributed by atoms with Crippen molar-refractivity contribution < 1.29 is 18.3 Å². The van der Waals surface area contributed by atoms with E-state index in [0.29, 0.717) is 16.9 Å². The molecule has 0 atom stereocenters. The van der Waals surface area contributed by atoms with Gasteiger partial charge >= 0.3 is 0 Å². The Bertz CT molecular complexity index is 1250. The van der Waals surface area contributed by atoms with Crippen LogP contribution in [0.25, 0.3) is 10.8 Å². The van der Waals surface area contributed by atoms with Gasteiger partial charge in [-0.1, -0.05) is 54.6 Å². The number of carbonyl (C=O) groups excluding carboxylic acids is 1. The molecule has 0 aliphatic rings. The average molecular weight is 430 g/mol. The van der Waals surface area contributed by atoms with E-state index in [1.807, 2.05) is 36.4 Å². The second-order valence-corrected chi connectivity index (χ2v) is 7.21. The molecule has 4 rings (SSSR count). The van der Waals surface area contributed by atoms with Gasteiger partial charge in [-0.2, -0.15) is 5.10 Å². The molecule has 6 heteroatoms. The molecule has 0 saturated heterocycles. The maximum absolute atomic E-state index is 13.1. The minimum atomic E-state index is -0.351. The van der Waals surface area contributed by atoms with Crippen LogP contribution in [0.15, 0.2) is 90.0 Å². The van der Waals surface area contributed by atoms with Gasteiger partial charge in [0.1, 0.15) is 24.0 Å². The summed E-state index contributed by atoms with van der Waals surface area (Å²) in [7, 11) is 0. The first-order valence-corrected chi connectivity index (χ1v) is 10.0. The van der Waals surface area contributed by atoms with Crippen molar-refractivity contribution in [3.8, 4) is 5.75 Å². The summed E-state index contributed by atoms with van der Waals surface area (Å²) in [5.41, 5.74) is 4.74. The number of nitrogens with one attached hydrogen (secondary N) is 1. The van der Waals surface area contributed by atoms with Gasteiger partial charge in [-0.25, -0.2) is 14.2 Å². The molecule has 0 radical (unpaired) electrons. The summed E-state index contributed by atoms with van der Waals surface area (Å²) < 4.78 is 32.1. The summed E-state index contributed by atoms with van der Waals surface area (Å²) in [5.74, 6) is -0.383. The van der Waals surface area contributed by atoms with Gasteiger partial charge in [0.05, 0.1) is 12.6 Å². The van der Waals surface area contributed by atoms with Crippen molar-refractivity contribution in [3.63, 3.8) is 0 Å². The molecule has 0 bridgehead atoms. The van der Waals surface area contributed by atoms with Crippen LogP contribution >= 0.6 is 0 Å². The van der Waals surface area contributed by atoms with E-state index in [1.54, 1.807) is 30.5 Å². The van der Waals surface area contributed by atoms with Crippen molar-refractivity contribution in [1.29, 1.82) is 0 Å².